The zero-order valence-corrected chi connectivity index (χ0v) is 62.8. The van der Waals surface area contributed by atoms with Crippen molar-refractivity contribution in [2.24, 2.45) is 0 Å². The van der Waals surface area contributed by atoms with Gasteiger partial charge in [0.05, 0.1) is 0 Å². The first-order valence-electron chi connectivity index (χ1n) is 42.0. The second-order valence-corrected chi connectivity index (χ2v) is 29.2. The zero-order valence-electron chi connectivity index (χ0n) is 62.8. The fraction of sp³-hybridized carbons (Fsp3) is 0.837. The van der Waals surface area contributed by atoms with Crippen molar-refractivity contribution in [2.45, 2.75) is 439 Å². The van der Waals surface area contributed by atoms with E-state index in [2.05, 4.69) is 37.5 Å². The topological polar surface area (TPSA) is 59.1 Å². The number of hydrogen-bond donors (Lipinski definition) is 0. The van der Waals surface area contributed by atoms with Crippen LogP contribution in [0.15, 0.2) is 48.5 Å². The van der Waals surface area contributed by atoms with Gasteiger partial charge in [-0.25, -0.2) is 0 Å². The van der Waals surface area contributed by atoms with Crippen LogP contribution in [0.2, 0.25) is 0 Å². The zero-order chi connectivity index (χ0) is 66.5. The Morgan fingerprint density at radius 1 is 0.226 bits per heavy atom. The molecule has 0 aromatic heterocycles. The highest BCUT2D eigenvalue weighted by Crippen LogP contribution is 2.23. The van der Waals surface area contributed by atoms with Crippen LogP contribution in [-0.2, 0) is 0 Å². The first kappa shape index (κ1) is 86.1. The Labute approximate surface area is 581 Å². The van der Waals surface area contributed by atoms with Gasteiger partial charge >= 0.3 is 7.69 Å². The van der Waals surface area contributed by atoms with Gasteiger partial charge in [0.25, 0.3) is 11.8 Å². The summed E-state index contributed by atoms with van der Waals surface area (Å²) in [7, 11) is 1.36. The van der Waals surface area contributed by atoms with Crippen LogP contribution in [0.25, 0.3) is 0 Å². The van der Waals surface area contributed by atoms with Crippen LogP contribution < -0.4 is 9.31 Å². The van der Waals surface area contributed by atoms with Gasteiger partial charge in [0.1, 0.15) is 11.5 Å². The van der Waals surface area contributed by atoms with E-state index in [9.17, 15) is 9.59 Å². The fourth-order valence-electron chi connectivity index (χ4n) is 13.9. The molecular formula is C86H156BN2O4. The molecule has 0 aliphatic carbocycles. The summed E-state index contributed by atoms with van der Waals surface area (Å²) in [6.07, 6.45) is 86.6. The van der Waals surface area contributed by atoms with E-state index in [1.807, 2.05) is 48.5 Å². The van der Waals surface area contributed by atoms with E-state index in [0.29, 0.717) is 11.5 Å². The lowest BCUT2D eigenvalue weighted by Gasteiger charge is -2.23. The normalized spacial score (nSPS) is 11.4. The first-order chi connectivity index (χ1) is 46.0. The predicted octanol–water partition coefficient (Wildman–Crippen LogP) is 28.6. The Bertz CT molecular complexity index is 1640. The largest absolute Gasteiger partial charge is 0.658 e. The second kappa shape index (κ2) is 69.0. The third-order valence-electron chi connectivity index (χ3n) is 20.3. The minimum Gasteiger partial charge on any atom is -0.526 e. The van der Waals surface area contributed by atoms with Crippen LogP contribution in [0.5, 0.6) is 11.5 Å². The van der Waals surface area contributed by atoms with E-state index < -0.39 is 0 Å². The molecule has 6 nitrogen and oxygen atoms in total. The lowest BCUT2D eigenvalue weighted by atomic mass is 10.0. The number of nitrogens with zero attached hydrogens (tertiary/aromatic N) is 2. The van der Waals surface area contributed by atoms with E-state index in [4.69, 9.17) is 9.31 Å². The minimum atomic E-state index is 0.131. The first-order valence-corrected chi connectivity index (χ1v) is 42.0. The highest BCUT2D eigenvalue weighted by atomic mass is 16.6. The van der Waals surface area contributed by atoms with Crippen molar-refractivity contribution in [3.63, 3.8) is 0 Å². The lowest BCUT2D eigenvalue weighted by Crippen LogP contribution is -2.33. The van der Waals surface area contributed by atoms with E-state index >= 15 is 0 Å². The van der Waals surface area contributed by atoms with Gasteiger partial charge in [-0.15, -0.1) is 0 Å². The molecular weight excluding hydrogens is 1140 g/mol. The van der Waals surface area contributed by atoms with Gasteiger partial charge in [0, 0.05) is 37.3 Å². The second-order valence-electron chi connectivity index (χ2n) is 29.2. The van der Waals surface area contributed by atoms with Gasteiger partial charge in [0.15, 0.2) is 0 Å². The SMILES string of the molecule is CCCCCCCCCCCCCCCCCCN(CCCCCCCCCCCCCCCCCC)C(=O)c1ccc(O[B]Oc2ccc(C(=O)N(CCCCCCCCCCCCCCCCCC)CCCCCCCCCCCCCCCCCC)cc2)cc1. The van der Waals surface area contributed by atoms with Gasteiger partial charge in [0.2, 0.25) is 0 Å². The highest BCUT2D eigenvalue weighted by Gasteiger charge is 2.18. The number of carbonyl (C=O) groups excluding carboxylic acids is 2. The molecule has 0 saturated heterocycles. The summed E-state index contributed by atoms with van der Waals surface area (Å²) in [4.78, 5) is 32.5. The number of rotatable bonds is 74. The van der Waals surface area contributed by atoms with E-state index in [-0.39, 0.29) is 11.8 Å². The van der Waals surface area contributed by atoms with E-state index in [0.717, 1.165) is 63.0 Å². The lowest BCUT2D eigenvalue weighted by molar-refractivity contribution is 0.0741. The number of amides is 2. The molecule has 0 bridgehead atoms. The van der Waals surface area contributed by atoms with Gasteiger partial charge in [-0.3, -0.25) is 9.59 Å². The number of benzene rings is 2. The molecule has 0 saturated carbocycles. The summed E-state index contributed by atoms with van der Waals surface area (Å²) in [5.41, 5.74) is 1.44. The summed E-state index contributed by atoms with van der Waals surface area (Å²) < 4.78 is 11.9. The van der Waals surface area contributed by atoms with Crippen molar-refractivity contribution < 1.29 is 18.9 Å². The predicted molar refractivity (Wildman–Crippen MR) is 410 cm³/mol. The molecule has 0 spiro atoms. The summed E-state index contributed by atoms with van der Waals surface area (Å²) in [5, 5.41) is 0. The van der Waals surface area contributed by atoms with Crippen LogP contribution in [-0.4, -0.2) is 55.5 Å². The average Bonchev–Trinajstić information content (AvgIpc) is 1.72. The van der Waals surface area contributed by atoms with Crippen LogP contribution in [0.3, 0.4) is 0 Å². The molecule has 0 aliphatic heterocycles. The van der Waals surface area contributed by atoms with Gasteiger partial charge in [-0.05, 0) is 74.2 Å². The van der Waals surface area contributed by atoms with Gasteiger partial charge in [-0.2, -0.15) is 0 Å². The molecule has 0 atom stereocenters. The molecule has 0 aliphatic rings. The summed E-state index contributed by atoms with van der Waals surface area (Å²) >= 11 is 0. The number of unbranched alkanes of at least 4 members (excludes halogenated alkanes) is 60. The summed E-state index contributed by atoms with van der Waals surface area (Å²) in [6.45, 7) is 12.5. The maximum atomic E-state index is 14.1. The molecule has 0 heterocycles. The molecule has 0 fully saturated rings. The smallest absolute Gasteiger partial charge is 0.526 e. The van der Waals surface area contributed by atoms with E-state index in [1.165, 1.54) is 393 Å². The standard InChI is InChI=1S/C86H156BN2O4/c1-5-9-13-17-21-25-29-33-37-41-45-49-53-57-61-65-77-88(78-66-62-58-54-50-46-42-38-34-30-26-22-18-14-10-6-2)85(90)81-69-73-83(74-70-81)92-87-93-84-75-71-82(72-76-84)86(91)89(79-67-63-59-55-51-47-43-39-35-31-27-23-19-15-11-7-3)80-68-64-60-56-52-48-44-40-36-32-28-24-20-16-12-8-4/h69-76H,5-68,77-80H2,1-4H3. The van der Waals surface area contributed by atoms with Crippen molar-refractivity contribution >= 4 is 19.5 Å². The van der Waals surface area contributed by atoms with Crippen LogP contribution in [0.1, 0.15) is 459 Å². The van der Waals surface area contributed by atoms with Crippen LogP contribution >= 0.6 is 0 Å². The Balaban J connectivity index is 1.84. The molecule has 537 valence electrons. The Hall–Kier alpha value is -2.96. The van der Waals surface area contributed by atoms with Crippen molar-refractivity contribution in [1.29, 1.82) is 0 Å². The van der Waals surface area contributed by atoms with Crippen molar-refractivity contribution in [1.82, 2.24) is 9.80 Å². The number of carbonyl (C=O) groups is 2. The summed E-state index contributed by atoms with van der Waals surface area (Å²) in [5.74, 6) is 1.51. The fourth-order valence-corrected chi connectivity index (χ4v) is 13.9. The van der Waals surface area contributed by atoms with Crippen molar-refractivity contribution in [3.05, 3.63) is 59.7 Å². The third kappa shape index (κ3) is 54.7. The molecule has 7 heteroatoms. The molecule has 93 heavy (non-hydrogen) atoms. The highest BCUT2D eigenvalue weighted by molar-refractivity contribution is 6.20. The van der Waals surface area contributed by atoms with Gasteiger partial charge < -0.3 is 19.1 Å². The van der Waals surface area contributed by atoms with Crippen molar-refractivity contribution in [2.75, 3.05) is 26.2 Å². The Morgan fingerprint density at radius 3 is 0.516 bits per heavy atom. The van der Waals surface area contributed by atoms with E-state index in [1.54, 1.807) is 0 Å². The molecule has 2 aromatic rings. The van der Waals surface area contributed by atoms with Crippen LogP contribution in [0.4, 0.5) is 0 Å². The molecule has 2 aromatic carbocycles. The van der Waals surface area contributed by atoms with Crippen molar-refractivity contribution in [3.8, 4) is 11.5 Å². The Morgan fingerprint density at radius 2 is 0.366 bits per heavy atom. The number of hydrogen-bond acceptors (Lipinski definition) is 4. The molecule has 1 radical (unpaired) electrons. The molecule has 2 rings (SSSR count). The monoisotopic (exact) mass is 1290 g/mol. The van der Waals surface area contributed by atoms with Gasteiger partial charge in [-0.1, -0.05) is 413 Å². The third-order valence-corrected chi connectivity index (χ3v) is 20.3. The maximum absolute atomic E-state index is 14.1. The maximum Gasteiger partial charge on any atom is 0.658 e. The average molecular weight is 1290 g/mol. The van der Waals surface area contributed by atoms with Crippen LogP contribution in [0, 0.1) is 0 Å². The molecule has 2 amide bonds. The quantitative estimate of drug-likeness (QED) is 0.0489. The molecule has 0 N–H and O–H groups in total. The molecule has 0 unspecified atom stereocenters. The Kier molecular flexibility index (Phi) is 63.9. The summed E-state index contributed by atoms with van der Waals surface area (Å²) in [6, 6.07) is 15.1. The minimum absolute atomic E-state index is 0.131.